The van der Waals surface area contributed by atoms with Crippen molar-refractivity contribution < 1.29 is 4.79 Å². The first-order valence-corrected chi connectivity index (χ1v) is 8.52. The highest BCUT2D eigenvalue weighted by Gasteiger charge is 2.29. The van der Waals surface area contributed by atoms with Gasteiger partial charge < -0.3 is 5.32 Å². The third kappa shape index (κ3) is 2.97. The first-order chi connectivity index (χ1) is 12.2. The average molecular weight is 346 g/mol. The van der Waals surface area contributed by atoms with Crippen LogP contribution in [0.1, 0.15) is 27.4 Å². The van der Waals surface area contributed by atoms with Crippen molar-refractivity contribution in [1.29, 1.82) is 0 Å². The Balaban J connectivity index is 1.82. The lowest BCUT2D eigenvalue weighted by Gasteiger charge is -2.27. The Hall–Kier alpha value is -2.84. The van der Waals surface area contributed by atoms with E-state index in [-0.39, 0.29) is 11.7 Å². The molecule has 0 fully saturated rings. The minimum Gasteiger partial charge on any atom is -0.361 e. The van der Waals surface area contributed by atoms with Crippen molar-refractivity contribution in [2.75, 3.05) is 5.32 Å². The van der Waals surface area contributed by atoms with Crippen LogP contribution in [0.25, 0.3) is 0 Å². The fraction of sp³-hybridized carbons (Fsp3) is 0.0455. The standard InChI is InChI=1S/C22H16ClNO/c23-17-12-10-16(11-13-17)22(25)19-14-24-20-9-5-4-8-18(20)21(19)15-6-2-1-3-7-15/h1-14,21,24H. The first-order valence-electron chi connectivity index (χ1n) is 8.15. The number of carbonyl (C=O) groups is 1. The van der Waals surface area contributed by atoms with Crippen molar-refractivity contribution in [2.45, 2.75) is 5.92 Å². The summed E-state index contributed by atoms with van der Waals surface area (Å²) >= 11 is 5.96. The number of ketones is 1. The molecule has 0 spiro atoms. The molecule has 1 unspecified atom stereocenters. The highest BCUT2D eigenvalue weighted by molar-refractivity contribution is 6.30. The van der Waals surface area contributed by atoms with Crippen molar-refractivity contribution in [1.82, 2.24) is 0 Å². The largest absolute Gasteiger partial charge is 0.361 e. The molecule has 0 saturated heterocycles. The van der Waals surface area contributed by atoms with Gasteiger partial charge in [-0.15, -0.1) is 0 Å². The Kier molecular flexibility index (Phi) is 4.12. The number of para-hydroxylation sites is 1. The summed E-state index contributed by atoms with van der Waals surface area (Å²) in [5.74, 6) is -0.0886. The van der Waals surface area contributed by atoms with E-state index in [1.807, 2.05) is 42.6 Å². The topological polar surface area (TPSA) is 29.1 Å². The summed E-state index contributed by atoms with van der Waals surface area (Å²) in [6.07, 6.45) is 1.83. The summed E-state index contributed by atoms with van der Waals surface area (Å²) in [5, 5.41) is 3.89. The Labute approximate surface area is 151 Å². The zero-order chi connectivity index (χ0) is 17.2. The van der Waals surface area contributed by atoms with Crippen LogP contribution >= 0.6 is 11.6 Å². The summed E-state index contributed by atoms with van der Waals surface area (Å²) in [4.78, 5) is 13.2. The van der Waals surface area contributed by atoms with E-state index in [1.54, 1.807) is 24.3 Å². The van der Waals surface area contributed by atoms with Crippen LogP contribution in [0.3, 0.4) is 0 Å². The lowest BCUT2D eigenvalue weighted by Crippen LogP contribution is -2.19. The van der Waals surface area contributed by atoms with Gasteiger partial charge in [-0.2, -0.15) is 0 Å². The quantitative estimate of drug-likeness (QED) is 0.620. The lowest BCUT2D eigenvalue weighted by atomic mass is 9.79. The molecule has 0 radical (unpaired) electrons. The van der Waals surface area contributed by atoms with Gasteiger partial charge in [-0.05, 0) is 41.5 Å². The second-order valence-electron chi connectivity index (χ2n) is 6.01. The molecule has 1 aliphatic rings. The zero-order valence-electron chi connectivity index (χ0n) is 13.4. The minimum atomic E-state index is -0.0955. The maximum absolute atomic E-state index is 13.2. The Morgan fingerprint density at radius 2 is 1.52 bits per heavy atom. The number of halogens is 1. The van der Waals surface area contributed by atoms with E-state index in [1.165, 1.54) is 0 Å². The van der Waals surface area contributed by atoms with Crippen LogP contribution in [0.2, 0.25) is 5.02 Å². The van der Waals surface area contributed by atoms with Gasteiger partial charge in [0.05, 0.1) is 0 Å². The van der Waals surface area contributed by atoms with Gasteiger partial charge in [0.15, 0.2) is 5.78 Å². The van der Waals surface area contributed by atoms with E-state index in [9.17, 15) is 4.79 Å². The summed E-state index contributed by atoms with van der Waals surface area (Å²) < 4.78 is 0. The molecule has 3 heteroatoms. The van der Waals surface area contributed by atoms with Crippen molar-refractivity contribution >= 4 is 23.1 Å². The summed E-state index contributed by atoms with van der Waals surface area (Å²) in [5.41, 5.74) is 4.60. The number of benzene rings is 3. The van der Waals surface area contributed by atoms with Gasteiger partial charge in [-0.1, -0.05) is 60.1 Å². The summed E-state index contributed by atoms with van der Waals surface area (Å²) in [6.45, 7) is 0. The van der Waals surface area contributed by atoms with Crippen LogP contribution in [0.15, 0.2) is 90.6 Å². The van der Waals surface area contributed by atoms with E-state index in [0.29, 0.717) is 10.6 Å². The van der Waals surface area contributed by atoms with E-state index >= 15 is 0 Å². The number of fused-ring (bicyclic) bond motifs is 1. The predicted octanol–water partition coefficient (Wildman–Crippen LogP) is 5.66. The fourth-order valence-corrected chi connectivity index (χ4v) is 3.38. The van der Waals surface area contributed by atoms with Gasteiger partial charge in [0, 0.05) is 34.0 Å². The number of anilines is 1. The van der Waals surface area contributed by atoms with E-state index in [0.717, 1.165) is 22.4 Å². The molecule has 2 nitrogen and oxygen atoms in total. The molecule has 25 heavy (non-hydrogen) atoms. The Morgan fingerprint density at radius 1 is 0.840 bits per heavy atom. The second kappa shape index (κ2) is 6.58. The Morgan fingerprint density at radius 3 is 2.28 bits per heavy atom. The molecule has 3 aromatic rings. The molecule has 0 aromatic heterocycles. The number of hydrogen-bond acceptors (Lipinski definition) is 2. The van der Waals surface area contributed by atoms with Crippen LogP contribution in [0.5, 0.6) is 0 Å². The molecule has 4 rings (SSSR count). The molecular formula is C22H16ClNO. The fourth-order valence-electron chi connectivity index (χ4n) is 3.26. The van der Waals surface area contributed by atoms with Crippen molar-refractivity contribution in [3.8, 4) is 0 Å². The monoisotopic (exact) mass is 345 g/mol. The Bertz CT molecular complexity index is 945. The van der Waals surface area contributed by atoms with E-state index in [2.05, 4.69) is 23.5 Å². The maximum Gasteiger partial charge on any atom is 0.191 e. The molecule has 0 bridgehead atoms. The number of nitrogens with one attached hydrogen (secondary N) is 1. The first kappa shape index (κ1) is 15.7. The van der Waals surface area contributed by atoms with Crippen LogP contribution in [0, 0.1) is 0 Å². The molecule has 1 atom stereocenters. The molecule has 3 aromatic carbocycles. The third-order valence-electron chi connectivity index (χ3n) is 4.47. The number of allylic oxidation sites excluding steroid dienone is 1. The van der Waals surface area contributed by atoms with Gasteiger partial charge in [0.2, 0.25) is 0 Å². The van der Waals surface area contributed by atoms with Crippen LogP contribution in [0.4, 0.5) is 5.69 Å². The molecule has 0 aliphatic carbocycles. The van der Waals surface area contributed by atoms with Crippen LogP contribution < -0.4 is 5.32 Å². The molecule has 122 valence electrons. The van der Waals surface area contributed by atoms with E-state index in [4.69, 9.17) is 11.6 Å². The number of rotatable bonds is 3. The SMILES string of the molecule is O=C(C1=CNc2ccccc2C1c1ccccc1)c1ccc(Cl)cc1. The molecule has 0 saturated carbocycles. The normalized spacial score (nSPS) is 15.7. The van der Waals surface area contributed by atoms with Gasteiger partial charge >= 0.3 is 0 Å². The van der Waals surface area contributed by atoms with E-state index < -0.39 is 0 Å². The molecular weight excluding hydrogens is 330 g/mol. The van der Waals surface area contributed by atoms with Crippen molar-refractivity contribution in [2.24, 2.45) is 0 Å². The van der Waals surface area contributed by atoms with Gasteiger partial charge in [0.1, 0.15) is 0 Å². The summed E-state index contributed by atoms with van der Waals surface area (Å²) in [6, 6.07) is 25.3. The highest BCUT2D eigenvalue weighted by Crippen LogP contribution is 2.40. The predicted molar refractivity (Wildman–Crippen MR) is 102 cm³/mol. The second-order valence-corrected chi connectivity index (χ2v) is 6.45. The highest BCUT2D eigenvalue weighted by atomic mass is 35.5. The zero-order valence-corrected chi connectivity index (χ0v) is 14.2. The maximum atomic E-state index is 13.2. The number of Topliss-reactive ketones (excluding diaryl/α,β-unsaturated/α-hetero) is 1. The van der Waals surface area contributed by atoms with Gasteiger partial charge in [-0.25, -0.2) is 0 Å². The third-order valence-corrected chi connectivity index (χ3v) is 4.72. The van der Waals surface area contributed by atoms with Gasteiger partial charge in [0.25, 0.3) is 0 Å². The van der Waals surface area contributed by atoms with Crippen molar-refractivity contribution in [3.63, 3.8) is 0 Å². The number of hydrogen-bond donors (Lipinski definition) is 1. The summed E-state index contributed by atoms with van der Waals surface area (Å²) in [7, 11) is 0. The van der Waals surface area contributed by atoms with Crippen LogP contribution in [-0.4, -0.2) is 5.78 Å². The molecule has 1 N–H and O–H groups in total. The molecule has 0 amide bonds. The lowest BCUT2D eigenvalue weighted by molar-refractivity contribution is 0.102. The number of carbonyl (C=O) groups excluding carboxylic acids is 1. The molecule has 1 aliphatic heterocycles. The smallest absolute Gasteiger partial charge is 0.191 e. The minimum absolute atomic E-state index is 0.00697. The molecule has 1 heterocycles. The van der Waals surface area contributed by atoms with Crippen LogP contribution in [-0.2, 0) is 0 Å². The van der Waals surface area contributed by atoms with Gasteiger partial charge in [-0.3, -0.25) is 4.79 Å². The van der Waals surface area contributed by atoms with Crippen molar-refractivity contribution in [3.05, 3.63) is 112 Å². The average Bonchev–Trinajstić information content (AvgIpc) is 2.68.